The average molecular weight is 479 g/mol. The predicted molar refractivity (Wildman–Crippen MR) is 133 cm³/mol. The lowest BCUT2D eigenvalue weighted by atomic mass is 9.95. The second-order valence-corrected chi connectivity index (χ2v) is 9.60. The van der Waals surface area contributed by atoms with Gasteiger partial charge >= 0.3 is 12.1 Å². The number of amides is 2. The maximum atomic E-state index is 12.9. The third kappa shape index (κ3) is 6.02. The van der Waals surface area contributed by atoms with Gasteiger partial charge in [-0.25, -0.2) is 4.79 Å². The number of carboxylic acids is 1. The van der Waals surface area contributed by atoms with Crippen LogP contribution in [0.5, 0.6) is 0 Å². The van der Waals surface area contributed by atoms with Gasteiger partial charge in [0.05, 0.1) is 6.42 Å². The zero-order chi connectivity index (χ0) is 24.8. The number of nitrogens with one attached hydrogen (secondary N) is 2. The van der Waals surface area contributed by atoms with Gasteiger partial charge < -0.3 is 20.5 Å². The van der Waals surface area contributed by atoms with Gasteiger partial charge in [0, 0.05) is 24.4 Å². The summed E-state index contributed by atoms with van der Waals surface area (Å²) >= 11 is 0. The van der Waals surface area contributed by atoms with Gasteiger partial charge in [-0.1, -0.05) is 68.3 Å². The largest absolute Gasteiger partial charge is 0.481 e. The van der Waals surface area contributed by atoms with Crippen LogP contribution < -0.4 is 10.6 Å². The number of rotatable bonds is 10. The van der Waals surface area contributed by atoms with Crippen LogP contribution in [0.25, 0.3) is 11.1 Å². The van der Waals surface area contributed by atoms with Gasteiger partial charge in [0.25, 0.3) is 0 Å². The van der Waals surface area contributed by atoms with Crippen LogP contribution in [0.1, 0.15) is 68.9 Å². The molecule has 1 unspecified atom stereocenters. The fourth-order valence-electron chi connectivity index (χ4n) is 5.48. The van der Waals surface area contributed by atoms with Crippen LogP contribution in [0.2, 0.25) is 0 Å². The second-order valence-electron chi connectivity index (χ2n) is 9.60. The number of carbonyl (C=O) groups is 3. The molecule has 7 heteroatoms. The number of benzene rings is 2. The van der Waals surface area contributed by atoms with E-state index < -0.39 is 18.1 Å². The summed E-state index contributed by atoms with van der Waals surface area (Å²) in [7, 11) is 0. The molecule has 0 aliphatic heterocycles. The van der Waals surface area contributed by atoms with Crippen LogP contribution in [-0.4, -0.2) is 41.8 Å². The number of aliphatic carboxylic acids is 1. The molecule has 2 atom stereocenters. The van der Waals surface area contributed by atoms with E-state index in [1.54, 1.807) is 0 Å². The van der Waals surface area contributed by atoms with Crippen molar-refractivity contribution in [3.05, 3.63) is 59.7 Å². The van der Waals surface area contributed by atoms with E-state index in [0.29, 0.717) is 6.42 Å². The molecule has 35 heavy (non-hydrogen) atoms. The zero-order valence-corrected chi connectivity index (χ0v) is 20.2. The third-order valence-electron chi connectivity index (χ3n) is 7.30. The third-order valence-corrected chi connectivity index (χ3v) is 7.30. The molecule has 0 aromatic heterocycles. The molecule has 0 heterocycles. The molecule has 2 aromatic rings. The number of carbonyl (C=O) groups excluding carboxylic acids is 2. The first kappa shape index (κ1) is 24.8. The van der Waals surface area contributed by atoms with E-state index in [2.05, 4.69) is 34.9 Å². The lowest BCUT2D eigenvalue weighted by Gasteiger charge is -2.25. The normalized spacial score (nSPS) is 16.7. The summed E-state index contributed by atoms with van der Waals surface area (Å²) in [6, 6.07) is 15.6. The Labute approximate surface area is 206 Å². The maximum Gasteiger partial charge on any atom is 0.407 e. The topological polar surface area (TPSA) is 105 Å². The maximum absolute atomic E-state index is 12.9. The summed E-state index contributed by atoms with van der Waals surface area (Å²) in [6.45, 7) is 2.07. The molecule has 0 saturated heterocycles. The van der Waals surface area contributed by atoms with Crippen LogP contribution in [0, 0.1) is 5.92 Å². The average Bonchev–Trinajstić information content (AvgIpc) is 3.48. The Morgan fingerprint density at radius 2 is 1.54 bits per heavy atom. The van der Waals surface area contributed by atoms with Gasteiger partial charge in [0.2, 0.25) is 5.91 Å². The van der Waals surface area contributed by atoms with E-state index in [-0.39, 0.29) is 43.2 Å². The molecule has 2 aliphatic carbocycles. The van der Waals surface area contributed by atoms with Gasteiger partial charge in [-0.05, 0) is 47.4 Å². The monoisotopic (exact) mass is 478 g/mol. The summed E-state index contributed by atoms with van der Waals surface area (Å²) < 4.78 is 5.71. The Morgan fingerprint density at radius 3 is 2.11 bits per heavy atom. The van der Waals surface area contributed by atoms with Crippen LogP contribution in [-0.2, 0) is 14.3 Å². The lowest BCUT2D eigenvalue weighted by Crippen LogP contribution is -2.45. The standard InChI is InChI=1S/C28H34N2O5/c1-2-19(15-27(32)33)29-26(31)16-25(18-9-3-4-10-18)30-28(34)35-17-24-22-13-7-5-11-20(22)21-12-6-8-14-23(21)24/h5-8,11-14,18-19,24-25H,2-4,9-10,15-17H2,1H3,(H,29,31)(H,30,34)(H,32,33)/t19-,25?/m1/s1. The molecule has 7 nitrogen and oxygen atoms in total. The number of ether oxygens (including phenoxy) is 1. The van der Waals surface area contributed by atoms with Crippen molar-refractivity contribution in [1.82, 2.24) is 10.6 Å². The van der Waals surface area contributed by atoms with E-state index in [9.17, 15) is 14.4 Å². The van der Waals surface area contributed by atoms with E-state index >= 15 is 0 Å². The molecule has 0 spiro atoms. The molecule has 2 aliphatic rings. The molecular formula is C28H34N2O5. The summed E-state index contributed by atoms with van der Waals surface area (Å²) in [5, 5.41) is 14.8. The highest BCUT2D eigenvalue weighted by Crippen LogP contribution is 2.44. The Hall–Kier alpha value is -3.35. The minimum Gasteiger partial charge on any atom is -0.481 e. The van der Waals surface area contributed by atoms with Crippen LogP contribution in [0.15, 0.2) is 48.5 Å². The first-order chi connectivity index (χ1) is 17.0. The SMILES string of the molecule is CC[C@H](CC(=O)O)NC(=O)CC(NC(=O)OCC1c2ccccc2-c2ccccc21)C1CCCC1. The molecule has 3 N–H and O–H groups in total. The van der Waals surface area contributed by atoms with E-state index in [0.717, 1.165) is 36.8 Å². The molecule has 1 saturated carbocycles. The second kappa shape index (κ2) is 11.4. The van der Waals surface area contributed by atoms with Crippen LogP contribution in [0.3, 0.4) is 0 Å². The molecule has 2 aromatic carbocycles. The number of carboxylic acid groups (broad SMARTS) is 1. The molecule has 0 bridgehead atoms. The molecular weight excluding hydrogens is 444 g/mol. The minimum atomic E-state index is -0.943. The first-order valence-corrected chi connectivity index (χ1v) is 12.6. The summed E-state index contributed by atoms with van der Waals surface area (Å²) in [4.78, 5) is 36.6. The van der Waals surface area contributed by atoms with Gasteiger partial charge in [-0.2, -0.15) is 0 Å². The Kier molecular flexibility index (Phi) is 8.06. The molecule has 4 rings (SSSR count). The van der Waals surface area contributed by atoms with Crippen molar-refractivity contribution in [2.24, 2.45) is 5.92 Å². The number of hydrogen-bond donors (Lipinski definition) is 3. The molecule has 0 radical (unpaired) electrons. The van der Waals surface area contributed by atoms with Crippen molar-refractivity contribution < 1.29 is 24.2 Å². The van der Waals surface area contributed by atoms with Crippen LogP contribution in [0.4, 0.5) is 4.79 Å². The highest BCUT2D eigenvalue weighted by Gasteiger charge is 2.32. The van der Waals surface area contributed by atoms with Crippen molar-refractivity contribution in [3.63, 3.8) is 0 Å². The number of alkyl carbamates (subject to hydrolysis) is 1. The Bertz CT molecular complexity index is 1020. The highest BCUT2D eigenvalue weighted by atomic mass is 16.5. The smallest absolute Gasteiger partial charge is 0.407 e. The van der Waals surface area contributed by atoms with Gasteiger partial charge in [0.1, 0.15) is 6.61 Å². The molecule has 186 valence electrons. The Balaban J connectivity index is 1.38. The number of fused-ring (bicyclic) bond motifs is 3. The minimum absolute atomic E-state index is 0.0253. The van der Waals surface area contributed by atoms with Crippen molar-refractivity contribution in [3.8, 4) is 11.1 Å². The van der Waals surface area contributed by atoms with Crippen molar-refractivity contribution in [2.45, 2.75) is 69.9 Å². The van der Waals surface area contributed by atoms with E-state index in [1.165, 1.54) is 11.1 Å². The predicted octanol–water partition coefficient (Wildman–Crippen LogP) is 4.84. The highest BCUT2D eigenvalue weighted by molar-refractivity contribution is 5.80. The van der Waals surface area contributed by atoms with Gasteiger partial charge in [-0.15, -0.1) is 0 Å². The van der Waals surface area contributed by atoms with Crippen molar-refractivity contribution in [2.75, 3.05) is 6.61 Å². The van der Waals surface area contributed by atoms with Gasteiger partial charge in [-0.3, -0.25) is 9.59 Å². The van der Waals surface area contributed by atoms with Crippen molar-refractivity contribution in [1.29, 1.82) is 0 Å². The molecule has 2 amide bonds. The summed E-state index contributed by atoms with van der Waals surface area (Å²) in [5.41, 5.74) is 4.64. The quantitative estimate of drug-likeness (QED) is 0.453. The first-order valence-electron chi connectivity index (χ1n) is 12.6. The van der Waals surface area contributed by atoms with Crippen molar-refractivity contribution >= 4 is 18.0 Å². The van der Waals surface area contributed by atoms with E-state index in [1.807, 2.05) is 31.2 Å². The van der Waals surface area contributed by atoms with E-state index in [4.69, 9.17) is 9.84 Å². The summed E-state index contributed by atoms with van der Waals surface area (Å²) in [5.74, 6) is -1.00. The fourth-order valence-corrected chi connectivity index (χ4v) is 5.48. The van der Waals surface area contributed by atoms with Crippen LogP contribution >= 0.6 is 0 Å². The van der Waals surface area contributed by atoms with Gasteiger partial charge in [0.15, 0.2) is 0 Å². The zero-order valence-electron chi connectivity index (χ0n) is 20.2. The fraction of sp³-hybridized carbons (Fsp3) is 0.464. The number of hydrogen-bond acceptors (Lipinski definition) is 4. The summed E-state index contributed by atoms with van der Waals surface area (Å²) in [6.07, 6.45) is 4.07. The molecule has 1 fully saturated rings. The lowest BCUT2D eigenvalue weighted by molar-refractivity contribution is -0.137. The Morgan fingerprint density at radius 1 is 0.943 bits per heavy atom.